The normalized spacial score (nSPS) is 23.0. The second kappa shape index (κ2) is 7.04. The first-order valence-electron chi connectivity index (χ1n) is 7.33. The monoisotopic (exact) mass is 340 g/mol. The van der Waals surface area contributed by atoms with Gasteiger partial charge in [-0.2, -0.15) is 13.2 Å². The van der Waals surface area contributed by atoms with Crippen molar-refractivity contribution in [2.24, 2.45) is 0 Å². The quantitative estimate of drug-likeness (QED) is 0.697. The first kappa shape index (κ1) is 19.7. The molecule has 2 aliphatic heterocycles. The van der Waals surface area contributed by atoms with E-state index in [0.29, 0.717) is 19.4 Å². The number of rotatable bonds is 0. The summed E-state index contributed by atoms with van der Waals surface area (Å²) in [4.78, 5) is 21.0. The Morgan fingerprint density at radius 2 is 1.65 bits per heavy atom. The molecular weight excluding hydrogens is 317 g/mol. The SMILES string of the molecule is CC(=O)O.CC1(C)CNCC2(CCN(C(=O)C(F)(F)F)CC2)O1. The van der Waals surface area contributed by atoms with Crippen molar-refractivity contribution in [3.63, 3.8) is 0 Å². The number of hydrogen-bond acceptors (Lipinski definition) is 4. The zero-order valence-electron chi connectivity index (χ0n) is 13.5. The molecule has 1 spiro atoms. The Labute approximate surface area is 133 Å². The lowest BCUT2D eigenvalue weighted by Crippen LogP contribution is -2.62. The number of morpholine rings is 1. The number of carbonyl (C=O) groups excluding carboxylic acids is 1. The molecule has 0 unspecified atom stereocenters. The molecule has 2 N–H and O–H groups in total. The van der Waals surface area contributed by atoms with Crippen molar-refractivity contribution in [2.75, 3.05) is 26.2 Å². The van der Waals surface area contributed by atoms with E-state index in [1.807, 2.05) is 13.8 Å². The van der Waals surface area contributed by atoms with Gasteiger partial charge in [0, 0.05) is 33.1 Å². The molecule has 2 saturated heterocycles. The summed E-state index contributed by atoms with van der Waals surface area (Å²) in [5.41, 5.74) is -0.765. The van der Waals surface area contributed by atoms with Crippen LogP contribution in [-0.4, -0.2) is 65.4 Å². The molecule has 9 heteroatoms. The highest BCUT2D eigenvalue weighted by Crippen LogP contribution is 2.34. The molecule has 134 valence electrons. The highest BCUT2D eigenvalue weighted by Gasteiger charge is 2.48. The lowest BCUT2D eigenvalue weighted by atomic mass is 9.87. The van der Waals surface area contributed by atoms with Gasteiger partial charge >= 0.3 is 12.1 Å². The van der Waals surface area contributed by atoms with Gasteiger partial charge in [-0.15, -0.1) is 0 Å². The van der Waals surface area contributed by atoms with Crippen LogP contribution in [0.4, 0.5) is 13.2 Å². The van der Waals surface area contributed by atoms with Crippen molar-refractivity contribution in [2.45, 2.75) is 51.0 Å². The molecule has 23 heavy (non-hydrogen) atoms. The van der Waals surface area contributed by atoms with E-state index in [1.165, 1.54) is 0 Å². The largest absolute Gasteiger partial charge is 0.481 e. The van der Waals surface area contributed by atoms with Crippen LogP contribution in [0.5, 0.6) is 0 Å². The minimum atomic E-state index is -4.78. The van der Waals surface area contributed by atoms with Crippen molar-refractivity contribution >= 4 is 11.9 Å². The first-order valence-corrected chi connectivity index (χ1v) is 7.33. The third kappa shape index (κ3) is 5.98. The molecule has 0 aromatic rings. The van der Waals surface area contributed by atoms with Crippen LogP contribution in [0.2, 0.25) is 0 Å². The molecule has 6 nitrogen and oxygen atoms in total. The fourth-order valence-electron chi connectivity index (χ4n) is 2.83. The first-order chi connectivity index (χ1) is 10.4. The molecule has 2 fully saturated rings. The van der Waals surface area contributed by atoms with Crippen molar-refractivity contribution in [3.05, 3.63) is 0 Å². The number of likely N-dealkylation sites (tertiary alicyclic amines) is 1. The van der Waals surface area contributed by atoms with E-state index >= 15 is 0 Å². The van der Waals surface area contributed by atoms with Crippen LogP contribution < -0.4 is 5.32 Å². The Morgan fingerprint density at radius 1 is 1.17 bits per heavy atom. The number of ether oxygens (including phenoxy) is 1. The topological polar surface area (TPSA) is 78.9 Å². The predicted octanol–water partition coefficient (Wildman–Crippen LogP) is 1.40. The molecule has 2 aliphatic rings. The zero-order chi connectivity index (χ0) is 17.9. The van der Waals surface area contributed by atoms with Crippen LogP contribution in [0.15, 0.2) is 0 Å². The third-order valence-electron chi connectivity index (χ3n) is 3.70. The fraction of sp³-hybridized carbons (Fsp3) is 0.857. The van der Waals surface area contributed by atoms with E-state index in [-0.39, 0.29) is 18.7 Å². The summed E-state index contributed by atoms with van der Waals surface area (Å²) in [7, 11) is 0. The Morgan fingerprint density at radius 3 is 2.04 bits per heavy atom. The van der Waals surface area contributed by atoms with E-state index in [1.54, 1.807) is 0 Å². The molecular formula is C14H23F3N2O4. The van der Waals surface area contributed by atoms with Gasteiger partial charge in [0.1, 0.15) is 0 Å². The molecule has 0 radical (unpaired) electrons. The summed E-state index contributed by atoms with van der Waals surface area (Å²) in [6.07, 6.45) is -3.91. The molecule has 1 amide bonds. The maximum Gasteiger partial charge on any atom is 0.471 e. The van der Waals surface area contributed by atoms with Crippen LogP contribution >= 0.6 is 0 Å². The van der Waals surface area contributed by atoms with E-state index in [9.17, 15) is 18.0 Å². The van der Waals surface area contributed by atoms with Gasteiger partial charge in [0.25, 0.3) is 5.97 Å². The van der Waals surface area contributed by atoms with Crippen LogP contribution in [-0.2, 0) is 14.3 Å². The van der Waals surface area contributed by atoms with Crippen molar-refractivity contribution in [1.29, 1.82) is 0 Å². The number of carboxylic acid groups (broad SMARTS) is 1. The highest BCUT2D eigenvalue weighted by molar-refractivity contribution is 5.81. The second-order valence-electron chi connectivity index (χ2n) is 6.46. The average molecular weight is 340 g/mol. The molecule has 0 aliphatic carbocycles. The van der Waals surface area contributed by atoms with Gasteiger partial charge in [0.05, 0.1) is 11.2 Å². The Hall–Kier alpha value is -1.35. The number of halogens is 3. The molecule has 2 heterocycles. The number of hydrogen-bond donors (Lipinski definition) is 2. The van der Waals surface area contributed by atoms with Gasteiger partial charge in [-0.3, -0.25) is 9.59 Å². The molecule has 0 atom stereocenters. The molecule has 2 rings (SSSR count). The summed E-state index contributed by atoms with van der Waals surface area (Å²) >= 11 is 0. The number of aliphatic carboxylic acids is 1. The molecule has 0 aromatic heterocycles. The van der Waals surface area contributed by atoms with Gasteiger partial charge in [-0.25, -0.2) is 0 Å². The van der Waals surface area contributed by atoms with E-state index in [2.05, 4.69) is 5.32 Å². The van der Waals surface area contributed by atoms with Crippen LogP contribution in [0.25, 0.3) is 0 Å². The lowest BCUT2D eigenvalue weighted by Gasteiger charge is -2.49. The minimum Gasteiger partial charge on any atom is -0.481 e. The van der Waals surface area contributed by atoms with Crippen molar-refractivity contribution < 1.29 is 32.6 Å². The average Bonchev–Trinajstić information content (AvgIpc) is 2.35. The summed E-state index contributed by atoms with van der Waals surface area (Å²) in [5.74, 6) is -2.58. The second-order valence-corrected chi connectivity index (χ2v) is 6.46. The molecule has 0 saturated carbocycles. The number of carboxylic acids is 1. The number of nitrogens with one attached hydrogen (secondary N) is 1. The van der Waals surface area contributed by atoms with Gasteiger partial charge in [-0.05, 0) is 26.7 Å². The molecule has 0 bridgehead atoms. The summed E-state index contributed by atoms with van der Waals surface area (Å²) in [5, 5.41) is 10.7. The lowest BCUT2D eigenvalue weighted by molar-refractivity contribution is -0.201. The fourth-order valence-corrected chi connectivity index (χ4v) is 2.83. The third-order valence-corrected chi connectivity index (χ3v) is 3.70. The smallest absolute Gasteiger partial charge is 0.471 e. The van der Waals surface area contributed by atoms with E-state index in [4.69, 9.17) is 14.6 Å². The number of carbonyl (C=O) groups is 2. The van der Waals surface area contributed by atoms with Gasteiger partial charge in [-0.1, -0.05) is 0 Å². The number of amides is 1. The summed E-state index contributed by atoms with van der Waals surface area (Å²) in [6, 6.07) is 0. The van der Waals surface area contributed by atoms with Gasteiger partial charge in [0.2, 0.25) is 0 Å². The standard InChI is InChI=1S/C12H19F3N2O2.C2H4O2/c1-10(2)7-16-8-11(19-10)3-5-17(6-4-11)9(18)12(13,14)15;1-2(3)4/h16H,3-8H2,1-2H3;1H3,(H,3,4). The maximum atomic E-state index is 12.4. The van der Waals surface area contributed by atoms with E-state index in [0.717, 1.165) is 18.4 Å². The minimum absolute atomic E-state index is 0.0934. The van der Waals surface area contributed by atoms with Crippen molar-refractivity contribution in [3.8, 4) is 0 Å². The van der Waals surface area contributed by atoms with Gasteiger partial charge in [0.15, 0.2) is 0 Å². The zero-order valence-corrected chi connectivity index (χ0v) is 13.5. The van der Waals surface area contributed by atoms with Crippen LogP contribution in [0.3, 0.4) is 0 Å². The van der Waals surface area contributed by atoms with Crippen LogP contribution in [0.1, 0.15) is 33.6 Å². The van der Waals surface area contributed by atoms with E-state index < -0.39 is 23.7 Å². The molecule has 0 aromatic carbocycles. The Kier molecular flexibility index (Phi) is 6.03. The Balaban J connectivity index is 0.000000593. The number of nitrogens with zero attached hydrogens (tertiary/aromatic N) is 1. The summed E-state index contributed by atoms with van der Waals surface area (Å²) < 4.78 is 43.1. The van der Waals surface area contributed by atoms with Gasteiger partial charge < -0.3 is 20.1 Å². The van der Waals surface area contributed by atoms with Crippen molar-refractivity contribution in [1.82, 2.24) is 10.2 Å². The highest BCUT2D eigenvalue weighted by atomic mass is 19.4. The number of alkyl halides is 3. The maximum absolute atomic E-state index is 12.4. The predicted molar refractivity (Wildman–Crippen MR) is 75.9 cm³/mol. The van der Waals surface area contributed by atoms with Crippen LogP contribution in [0, 0.1) is 0 Å². The Bertz CT molecular complexity index is 440. The summed E-state index contributed by atoms with van der Waals surface area (Å²) in [6.45, 7) is 6.53. The number of piperidine rings is 1.